The van der Waals surface area contributed by atoms with Crippen molar-refractivity contribution in [1.82, 2.24) is 14.8 Å². The summed E-state index contributed by atoms with van der Waals surface area (Å²) in [5.74, 6) is 1.82. The lowest BCUT2D eigenvalue weighted by atomic mass is 10.2. The molecular formula is C16H23N5. The molecule has 5 heteroatoms. The Hall–Kier alpha value is -2.30. The van der Waals surface area contributed by atoms with E-state index in [4.69, 9.17) is 9.98 Å². The van der Waals surface area contributed by atoms with Crippen LogP contribution in [0, 0.1) is 0 Å². The summed E-state index contributed by atoms with van der Waals surface area (Å²) in [7, 11) is 11.9. The van der Waals surface area contributed by atoms with Crippen molar-refractivity contribution in [1.29, 1.82) is 0 Å². The highest BCUT2D eigenvalue weighted by Crippen LogP contribution is 2.26. The quantitative estimate of drug-likeness (QED) is 0.627. The van der Waals surface area contributed by atoms with E-state index in [1.807, 2.05) is 75.2 Å². The molecule has 1 heterocycles. The molecule has 2 rings (SSSR count). The summed E-state index contributed by atoms with van der Waals surface area (Å²) in [5.41, 5.74) is 1.80. The number of aliphatic imine (C=N–C) groups is 1. The van der Waals surface area contributed by atoms with E-state index in [2.05, 4.69) is 12.1 Å². The highest BCUT2D eigenvalue weighted by Gasteiger charge is 2.09. The van der Waals surface area contributed by atoms with Crippen LogP contribution < -0.4 is 4.90 Å². The molecule has 5 nitrogen and oxygen atoms in total. The fourth-order valence-corrected chi connectivity index (χ4v) is 2.17. The van der Waals surface area contributed by atoms with Gasteiger partial charge < -0.3 is 14.7 Å². The lowest BCUT2D eigenvalue weighted by Gasteiger charge is -2.22. The Bertz CT molecular complexity index is 649. The molecule has 0 bridgehead atoms. The Morgan fingerprint density at radius 3 is 2.14 bits per heavy atom. The standard InChI is InChI=1S/C16H23N5/c1-19(2)14-11-10-12-8-7-9-13(15(12)18-14)17-16(20(3)4)21(5)6/h7-11H,1-6H3. The Morgan fingerprint density at radius 1 is 0.905 bits per heavy atom. The zero-order chi connectivity index (χ0) is 15.6. The smallest absolute Gasteiger partial charge is 0.200 e. The first kappa shape index (κ1) is 15.1. The van der Waals surface area contributed by atoms with E-state index in [1.165, 1.54) is 0 Å². The van der Waals surface area contributed by atoms with Gasteiger partial charge in [0.1, 0.15) is 5.82 Å². The van der Waals surface area contributed by atoms with Crippen LogP contribution in [0.3, 0.4) is 0 Å². The van der Waals surface area contributed by atoms with E-state index in [-0.39, 0.29) is 0 Å². The van der Waals surface area contributed by atoms with Crippen molar-refractivity contribution in [3.8, 4) is 0 Å². The number of anilines is 1. The van der Waals surface area contributed by atoms with Gasteiger partial charge in [-0.2, -0.15) is 0 Å². The van der Waals surface area contributed by atoms with Crippen molar-refractivity contribution in [3.05, 3.63) is 30.3 Å². The van der Waals surface area contributed by atoms with Gasteiger partial charge in [0.05, 0.1) is 11.2 Å². The summed E-state index contributed by atoms with van der Waals surface area (Å²) >= 11 is 0. The molecule has 0 amide bonds. The number of hydrogen-bond donors (Lipinski definition) is 0. The van der Waals surface area contributed by atoms with Gasteiger partial charge in [-0.1, -0.05) is 12.1 Å². The van der Waals surface area contributed by atoms with Crippen molar-refractivity contribution < 1.29 is 0 Å². The number of pyridine rings is 1. The van der Waals surface area contributed by atoms with Crippen LogP contribution in [0.15, 0.2) is 35.3 Å². The second-order valence-electron chi connectivity index (χ2n) is 5.61. The molecule has 0 saturated carbocycles. The lowest BCUT2D eigenvalue weighted by Crippen LogP contribution is -2.35. The molecule has 0 unspecified atom stereocenters. The minimum atomic E-state index is 0.883. The minimum absolute atomic E-state index is 0.883. The van der Waals surface area contributed by atoms with Gasteiger partial charge in [0.2, 0.25) is 5.96 Å². The van der Waals surface area contributed by atoms with Crippen molar-refractivity contribution in [2.24, 2.45) is 4.99 Å². The van der Waals surface area contributed by atoms with Gasteiger partial charge >= 0.3 is 0 Å². The summed E-state index contributed by atoms with van der Waals surface area (Å²) < 4.78 is 0. The molecule has 0 fully saturated rings. The molecule has 1 aromatic carbocycles. The van der Waals surface area contributed by atoms with Crippen LogP contribution in [0.25, 0.3) is 10.9 Å². The largest absolute Gasteiger partial charge is 0.363 e. The van der Waals surface area contributed by atoms with Gasteiger partial charge in [-0.3, -0.25) is 0 Å². The van der Waals surface area contributed by atoms with Crippen molar-refractivity contribution in [2.75, 3.05) is 47.2 Å². The van der Waals surface area contributed by atoms with Gasteiger partial charge in [0.15, 0.2) is 0 Å². The first-order chi connectivity index (χ1) is 9.90. The van der Waals surface area contributed by atoms with Gasteiger partial charge in [-0.15, -0.1) is 0 Å². The number of guanidine groups is 1. The number of fused-ring (bicyclic) bond motifs is 1. The minimum Gasteiger partial charge on any atom is -0.363 e. The normalized spacial score (nSPS) is 10.4. The zero-order valence-corrected chi connectivity index (χ0v) is 13.6. The summed E-state index contributed by atoms with van der Waals surface area (Å²) in [4.78, 5) is 15.5. The van der Waals surface area contributed by atoms with E-state index in [0.717, 1.165) is 28.4 Å². The second-order valence-corrected chi connectivity index (χ2v) is 5.61. The Balaban J connectivity index is 2.62. The SMILES string of the molecule is CN(C)C(=Nc1cccc2ccc(N(C)C)nc12)N(C)C. The van der Waals surface area contributed by atoms with Crippen LogP contribution >= 0.6 is 0 Å². The zero-order valence-electron chi connectivity index (χ0n) is 13.6. The first-order valence-electron chi connectivity index (χ1n) is 6.90. The van der Waals surface area contributed by atoms with Crippen molar-refractivity contribution in [2.45, 2.75) is 0 Å². The molecule has 2 aromatic rings. The topological polar surface area (TPSA) is 35.0 Å². The molecule has 21 heavy (non-hydrogen) atoms. The maximum absolute atomic E-state index is 4.77. The van der Waals surface area contributed by atoms with Gasteiger partial charge in [0, 0.05) is 47.7 Å². The van der Waals surface area contributed by atoms with E-state index < -0.39 is 0 Å². The number of hydrogen-bond acceptors (Lipinski definition) is 3. The molecule has 0 aliphatic rings. The predicted octanol–water partition coefficient (Wildman–Crippen LogP) is 2.41. The predicted molar refractivity (Wildman–Crippen MR) is 90.5 cm³/mol. The fraction of sp³-hybridized carbons (Fsp3) is 0.375. The second kappa shape index (κ2) is 5.99. The lowest BCUT2D eigenvalue weighted by molar-refractivity contribution is 0.484. The van der Waals surface area contributed by atoms with E-state index in [0.29, 0.717) is 0 Å². The fourth-order valence-electron chi connectivity index (χ4n) is 2.17. The summed E-state index contributed by atoms with van der Waals surface area (Å²) in [6, 6.07) is 10.2. The average Bonchev–Trinajstić information content (AvgIpc) is 2.43. The molecule has 0 spiro atoms. The van der Waals surface area contributed by atoms with E-state index >= 15 is 0 Å². The van der Waals surface area contributed by atoms with Gasteiger partial charge in [-0.25, -0.2) is 9.98 Å². The van der Waals surface area contributed by atoms with Crippen LogP contribution in [0.2, 0.25) is 0 Å². The van der Waals surface area contributed by atoms with Gasteiger partial charge in [0.25, 0.3) is 0 Å². The maximum atomic E-state index is 4.77. The number of para-hydroxylation sites is 1. The number of aromatic nitrogens is 1. The van der Waals surface area contributed by atoms with Gasteiger partial charge in [-0.05, 0) is 18.2 Å². The Kier molecular flexibility index (Phi) is 4.31. The molecular weight excluding hydrogens is 262 g/mol. The average molecular weight is 285 g/mol. The van der Waals surface area contributed by atoms with Crippen molar-refractivity contribution in [3.63, 3.8) is 0 Å². The molecule has 0 aliphatic heterocycles. The van der Waals surface area contributed by atoms with Crippen LogP contribution in [-0.4, -0.2) is 63.0 Å². The molecule has 112 valence electrons. The maximum Gasteiger partial charge on any atom is 0.200 e. The third-order valence-corrected chi connectivity index (χ3v) is 3.16. The highest BCUT2D eigenvalue weighted by atomic mass is 15.3. The van der Waals surface area contributed by atoms with E-state index in [1.54, 1.807) is 0 Å². The summed E-state index contributed by atoms with van der Waals surface area (Å²) in [6.45, 7) is 0. The first-order valence-corrected chi connectivity index (χ1v) is 6.90. The van der Waals surface area contributed by atoms with Crippen LogP contribution in [0.4, 0.5) is 11.5 Å². The van der Waals surface area contributed by atoms with E-state index in [9.17, 15) is 0 Å². The molecule has 0 N–H and O–H groups in total. The summed E-state index contributed by atoms with van der Waals surface area (Å²) in [6.07, 6.45) is 0. The van der Waals surface area contributed by atoms with Crippen molar-refractivity contribution >= 4 is 28.4 Å². The molecule has 0 radical (unpaired) electrons. The highest BCUT2D eigenvalue weighted by molar-refractivity contribution is 5.93. The number of rotatable bonds is 2. The third kappa shape index (κ3) is 3.24. The molecule has 0 atom stereocenters. The molecule has 0 saturated heterocycles. The molecule has 0 aliphatic carbocycles. The summed E-state index contributed by atoms with van der Waals surface area (Å²) in [5, 5.41) is 1.10. The number of benzene rings is 1. The van der Waals surface area contributed by atoms with Crippen LogP contribution in [-0.2, 0) is 0 Å². The number of nitrogens with zero attached hydrogens (tertiary/aromatic N) is 5. The van der Waals surface area contributed by atoms with Crippen LogP contribution in [0.5, 0.6) is 0 Å². The Labute approximate surface area is 126 Å². The monoisotopic (exact) mass is 285 g/mol. The third-order valence-electron chi connectivity index (χ3n) is 3.16. The molecule has 1 aromatic heterocycles. The Morgan fingerprint density at radius 2 is 1.57 bits per heavy atom. The van der Waals surface area contributed by atoms with Crippen LogP contribution in [0.1, 0.15) is 0 Å².